The Bertz CT molecular complexity index is 934. The largest absolute Gasteiger partial charge is 0.465 e. The van der Waals surface area contributed by atoms with Crippen molar-refractivity contribution in [3.63, 3.8) is 0 Å². The smallest absolute Gasteiger partial charge is 0.338 e. The highest BCUT2D eigenvalue weighted by molar-refractivity contribution is 6.06. The van der Waals surface area contributed by atoms with Crippen molar-refractivity contribution in [3.05, 3.63) is 69.3 Å². The summed E-state index contributed by atoms with van der Waals surface area (Å²) in [5.41, 5.74) is 1.33. The molecule has 2 aromatic carbocycles. The monoisotopic (exact) mass is 411 g/mol. The van der Waals surface area contributed by atoms with Crippen molar-refractivity contribution in [2.75, 3.05) is 25.5 Å². The molecule has 0 radical (unpaired) electrons. The van der Waals surface area contributed by atoms with E-state index in [0.717, 1.165) is 43.2 Å². The Kier molecular flexibility index (Phi) is 6.79. The van der Waals surface area contributed by atoms with Crippen LogP contribution >= 0.6 is 0 Å². The van der Waals surface area contributed by atoms with Crippen molar-refractivity contribution in [3.8, 4) is 0 Å². The van der Waals surface area contributed by atoms with Crippen molar-refractivity contribution in [2.45, 2.75) is 26.3 Å². The van der Waals surface area contributed by atoms with Gasteiger partial charge in [0.05, 0.1) is 17.6 Å². The summed E-state index contributed by atoms with van der Waals surface area (Å²) in [6.45, 7) is 5.34. The molecule has 0 aromatic heterocycles. The Morgan fingerprint density at radius 1 is 1.13 bits per heavy atom. The third kappa shape index (κ3) is 5.42. The number of anilines is 1. The maximum atomic E-state index is 12.6. The van der Waals surface area contributed by atoms with Gasteiger partial charge < -0.3 is 10.1 Å². The predicted molar refractivity (Wildman–Crippen MR) is 113 cm³/mol. The van der Waals surface area contributed by atoms with Crippen LogP contribution in [0.4, 0.5) is 11.4 Å². The number of nitro groups is 1. The first kappa shape index (κ1) is 21.4. The number of piperidine rings is 1. The van der Waals surface area contributed by atoms with Crippen LogP contribution in [0.25, 0.3) is 0 Å². The first-order valence-corrected chi connectivity index (χ1v) is 9.86. The standard InChI is InChI=1S/C22H25N3O5/c1-15-7-9-24(10-8-15)14-16-3-5-19(6-4-16)23-21(26)17-11-18(22(27)30-2)13-20(12-17)25(28)29/h3-6,11-13,15H,7-10,14H2,1-2H3,(H,23,26). The molecule has 0 bridgehead atoms. The summed E-state index contributed by atoms with van der Waals surface area (Å²) in [5.74, 6) is -0.502. The summed E-state index contributed by atoms with van der Waals surface area (Å²) in [4.78, 5) is 37.3. The summed E-state index contributed by atoms with van der Waals surface area (Å²) in [6, 6.07) is 11.0. The molecule has 0 atom stereocenters. The average molecular weight is 411 g/mol. The summed E-state index contributed by atoms with van der Waals surface area (Å²) in [7, 11) is 1.17. The molecule has 1 aliphatic heterocycles. The topological polar surface area (TPSA) is 102 Å². The zero-order valence-corrected chi connectivity index (χ0v) is 17.1. The van der Waals surface area contributed by atoms with E-state index in [-0.39, 0.29) is 16.8 Å². The van der Waals surface area contributed by atoms with Crippen LogP contribution in [-0.4, -0.2) is 41.9 Å². The van der Waals surface area contributed by atoms with E-state index in [1.807, 2.05) is 12.1 Å². The third-order valence-electron chi connectivity index (χ3n) is 5.31. The first-order chi connectivity index (χ1) is 14.4. The molecular formula is C22H25N3O5. The zero-order valence-electron chi connectivity index (χ0n) is 17.1. The molecule has 0 saturated carbocycles. The molecule has 2 aromatic rings. The second-order valence-corrected chi connectivity index (χ2v) is 7.63. The average Bonchev–Trinajstić information content (AvgIpc) is 2.75. The molecular weight excluding hydrogens is 386 g/mol. The molecule has 158 valence electrons. The van der Waals surface area contributed by atoms with Gasteiger partial charge in [0.2, 0.25) is 0 Å². The fourth-order valence-electron chi connectivity index (χ4n) is 3.46. The lowest BCUT2D eigenvalue weighted by atomic mass is 9.99. The number of nitrogens with one attached hydrogen (secondary N) is 1. The number of hydrogen-bond donors (Lipinski definition) is 1. The van der Waals surface area contributed by atoms with E-state index < -0.39 is 16.8 Å². The van der Waals surface area contributed by atoms with Gasteiger partial charge in [0.25, 0.3) is 11.6 Å². The molecule has 0 aliphatic carbocycles. The Labute approximate surface area is 175 Å². The zero-order chi connectivity index (χ0) is 21.7. The molecule has 0 unspecified atom stereocenters. The number of carbonyl (C=O) groups excluding carboxylic acids is 2. The maximum Gasteiger partial charge on any atom is 0.338 e. The molecule has 1 saturated heterocycles. The molecule has 1 amide bonds. The highest BCUT2D eigenvalue weighted by Crippen LogP contribution is 2.21. The van der Waals surface area contributed by atoms with E-state index in [2.05, 4.69) is 21.9 Å². The fourth-order valence-corrected chi connectivity index (χ4v) is 3.46. The van der Waals surface area contributed by atoms with Crippen molar-refractivity contribution in [1.82, 2.24) is 4.90 Å². The number of ether oxygens (including phenoxy) is 1. The molecule has 1 heterocycles. The molecule has 0 spiro atoms. The minimum Gasteiger partial charge on any atom is -0.465 e. The molecule has 30 heavy (non-hydrogen) atoms. The second-order valence-electron chi connectivity index (χ2n) is 7.63. The van der Waals surface area contributed by atoms with E-state index in [0.29, 0.717) is 5.69 Å². The quantitative estimate of drug-likeness (QED) is 0.440. The number of rotatable bonds is 6. The lowest BCUT2D eigenvalue weighted by Crippen LogP contribution is -2.32. The molecule has 8 heteroatoms. The number of benzene rings is 2. The summed E-state index contributed by atoms with van der Waals surface area (Å²) in [5, 5.41) is 13.9. The summed E-state index contributed by atoms with van der Waals surface area (Å²) in [6.07, 6.45) is 2.43. The Morgan fingerprint density at radius 3 is 2.37 bits per heavy atom. The van der Waals surface area contributed by atoms with E-state index in [9.17, 15) is 19.7 Å². The highest BCUT2D eigenvalue weighted by atomic mass is 16.6. The van der Waals surface area contributed by atoms with Gasteiger partial charge in [-0.3, -0.25) is 19.8 Å². The minimum absolute atomic E-state index is 0.0103. The predicted octanol–water partition coefficient (Wildman–Crippen LogP) is 3.87. The van der Waals surface area contributed by atoms with Gasteiger partial charge in [0.15, 0.2) is 0 Å². The fraction of sp³-hybridized carbons (Fsp3) is 0.364. The van der Waals surface area contributed by atoms with E-state index in [1.54, 1.807) is 12.1 Å². The van der Waals surface area contributed by atoms with Crippen LogP contribution in [0.2, 0.25) is 0 Å². The lowest BCUT2D eigenvalue weighted by Gasteiger charge is -2.30. The van der Waals surface area contributed by atoms with Crippen LogP contribution in [0, 0.1) is 16.0 Å². The minimum atomic E-state index is -0.746. The number of hydrogen-bond acceptors (Lipinski definition) is 6. The molecule has 1 aliphatic rings. The van der Waals surface area contributed by atoms with E-state index >= 15 is 0 Å². The van der Waals surface area contributed by atoms with Gasteiger partial charge in [-0.2, -0.15) is 0 Å². The first-order valence-electron chi connectivity index (χ1n) is 9.86. The van der Waals surface area contributed by atoms with Crippen LogP contribution < -0.4 is 5.32 Å². The van der Waals surface area contributed by atoms with Crippen molar-refractivity contribution in [2.24, 2.45) is 5.92 Å². The number of carbonyl (C=O) groups is 2. The molecule has 3 rings (SSSR count). The molecule has 8 nitrogen and oxygen atoms in total. The number of non-ortho nitro benzene ring substituents is 1. The van der Waals surface area contributed by atoms with Crippen LogP contribution in [0.3, 0.4) is 0 Å². The van der Waals surface area contributed by atoms with Gasteiger partial charge in [-0.15, -0.1) is 0 Å². The number of nitro benzene ring substituents is 1. The van der Waals surface area contributed by atoms with Gasteiger partial charge in [-0.25, -0.2) is 4.79 Å². The van der Waals surface area contributed by atoms with Crippen molar-refractivity contribution < 1.29 is 19.2 Å². The third-order valence-corrected chi connectivity index (χ3v) is 5.31. The summed E-state index contributed by atoms with van der Waals surface area (Å²) >= 11 is 0. The van der Waals surface area contributed by atoms with Gasteiger partial charge in [0.1, 0.15) is 0 Å². The second kappa shape index (κ2) is 9.49. The molecule has 1 fully saturated rings. The van der Waals surface area contributed by atoms with Crippen LogP contribution in [0.1, 0.15) is 46.0 Å². The molecule has 1 N–H and O–H groups in total. The number of likely N-dealkylation sites (tertiary alicyclic amines) is 1. The summed E-state index contributed by atoms with van der Waals surface area (Å²) < 4.78 is 4.61. The van der Waals surface area contributed by atoms with E-state index in [1.165, 1.54) is 26.0 Å². The van der Waals surface area contributed by atoms with Crippen LogP contribution in [0.15, 0.2) is 42.5 Å². The van der Waals surface area contributed by atoms with E-state index in [4.69, 9.17) is 0 Å². The number of amides is 1. The Balaban J connectivity index is 1.69. The highest BCUT2D eigenvalue weighted by Gasteiger charge is 2.19. The lowest BCUT2D eigenvalue weighted by molar-refractivity contribution is -0.384. The van der Waals surface area contributed by atoms with Crippen molar-refractivity contribution in [1.29, 1.82) is 0 Å². The van der Waals surface area contributed by atoms with Crippen molar-refractivity contribution >= 4 is 23.3 Å². The number of methoxy groups -OCH3 is 1. The van der Waals surface area contributed by atoms with Gasteiger partial charge in [0, 0.05) is 29.9 Å². The van der Waals surface area contributed by atoms with Crippen LogP contribution in [0.5, 0.6) is 0 Å². The Hall–Kier alpha value is -3.26. The number of nitrogens with zero attached hydrogens (tertiary/aromatic N) is 2. The Morgan fingerprint density at radius 2 is 1.77 bits per heavy atom. The SMILES string of the molecule is COC(=O)c1cc(C(=O)Nc2ccc(CN3CCC(C)CC3)cc2)cc([N+](=O)[O-])c1. The normalized spacial score (nSPS) is 14.9. The number of esters is 1. The van der Waals surface area contributed by atoms with Gasteiger partial charge in [-0.05, 0) is 55.6 Å². The van der Waals surface area contributed by atoms with Gasteiger partial charge in [-0.1, -0.05) is 19.1 Å². The van der Waals surface area contributed by atoms with Crippen LogP contribution in [-0.2, 0) is 11.3 Å². The van der Waals surface area contributed by atoms with Gasteiger partial charge >= 0.3 is 5.97 Å². The maximum absolute atomic E-state index is 12.6.